The van der Waals surface area contributed by atoms with Crippen LogP contribution in [0.5, 0.6) is 11.5 Å². The minimum absolute atomic E-state index is 0.130. The van der Waals surface area contributed by atoms with E-state index in [2.05, 4.69) is 0 Å². The first-order chi connectivity index (χ1) is 15.4. The van der Waals surface area contributed by atoms with E-state index in [9.17, 15) is 17.6 Å². The van der Waals surface area contributed by atoms with Crippen molar-refractivity contribution in [1.29, 1.82) is 0 Å². The topological polar surface area (TPSA) is 76.1 Å². The maximum atomic E-state index is 14.5. The standard InChI is InChI=1S/C23H27FN2O5S/c1-2-25(16-18-7-6-8-20-22(18)31-14-13-30-20)23(27)17-9-10-19(24)21(15-17)32(28,29)26-11-4-3-5-12-26/h6-10,15H,2-5,11-14,16H2,1H3. The van der Waals surface area contributed by atoms with Crippen LogP contribution in [0.4, 0.5) is 4.39 Å². The molecule has 172 valence electrons. The van der Waals surface area contributed by atoms with Gasteiger partial charge in [0.2, 0.25) is 10.0 Å². The van der Waals surface area contributed by atoms with Crippen molar-refractivity contribution in [2.24, 2.45) is 0 Å². The zero-order valence-corrected chi connectivity index (χ0v) is 18.9. The van der Waals surface area contributed by atoms with Gasteiger partial charge in [-0.05, 0) is 44.0 Å². The number of rotatable bonds is 6. The van der Waals surface area contributed by atoms with E-state index in [1.54, 1.807) is 4.90 Å². The number of benzene rings is 2. The van der Waals surface area contributed by atoms with Crippen molar-refractivity contribution < 1.29 is 27.1 Å². The van der Waals surface area contributed by atoms with Gasteiger partial charge in [0.25, 0.3) is 5.91 Å². The van der Waals surface area contributed by atoms with Crippen LogP contribution in [0.1, 0.15) is 42.1 Å². The first kappa shape index (κ1) is 22.5. The van der Waals surface area contributed by atoms with Crippen molar-refractivity contribution in [3.63, 3.8) is 0 Å². The number of hydrogen-bond donors (Lipinski definition) is 0. The number of amides is 1. The number of halogens is 1. The van der Waals surface area contributed by atoms with Gasteiger partial charge in [-0.1, -0.05) is 18.6 Å². The summed E-state index contributed by atoms with van der Waals surface area (Å²) in [7, 11) is -4.00. The van der Waals surface area contributed by atoms with Gasteiger partial charge < -0.3 is 14.4 Å². The lowest BCUT2D eigenvalue weighted by Crippen LogP contribution is -2.36. The molecule has 32 heavy (non-hydrogen) atoms. The highest BCUT2D eigenvalue weighted by molar-refractivity contribution is 7.89. The SMILES string of the molecule is CCN(Cc1cccc2c1OCCO2)C(=O)c1ccc(F)c(S(=O)(=O)N2CCCCC2)c1. The minimum Gasteiger partial charge on any atom is -0.486 e. The molecule has 4 rings (SSSR count). The van der Waals surface area contributed by atoms with Gasteiger partial charge in [0.15, 0.2) is 11.5 Å². The normalized spacial score (nSPS) is 16.6. The zero-order valence-electron chi connectivity index (χ0n) is 18.0. The Kier molecular flexibility index (Phi) is 6.66. The molecule has 0 spiro atoms. The second-order valence-electron chi connectivity index (χ2n) is 7.87. The van der Waals surface area contributed by atoms with Crippen molar-refractivity contribution >= 4 is 15.9 Å². The molecule has 2 heterocycles. The number of carbonyl (C=O) groups is 1. The van der Waals surface area contributed by atoms with Gasteiger partial charge >= 0.3 is 0 Å². The minimum atomic E-state index is -4.00. The lowest BCUT2D eigenvalue weighted by Gasteiger charge is -2.27. The van der Waals surface area contributed by atoms with Crippen LogP contribution in [-0.2, 0) is 16.6 Å². The number of nitrogens with zero attached hydrogens (tertiary/aromatic N) is 2. The third kappa shape index (κ3) is 4.45. The first-order valence-electron chi connectivity index (χ1n) is 10.9. The van der Waals surface area contributed by atoms with E-state index < -0.39 is 20.7 Å². The fourth-order valence-electron chi connectivity index (χ4n) is 4.05. The van der Waals surface area contributed by atoms with Crippen LogP contribution in [0.25, 0.3) is 0 Å². The fourth-order valence-corrected chi connectivity index (χ4v) is 5.66. The number of sulfonamides is 1. The number of fused-ring (bicyclic) bond motifs is 1. The molecular formula is C23H27FN2O5S. The Morgan fingerprint density at radius 1 is 1.09 bits per heavy atom. The molecule has 9 heteroatoms. The van der Waals surface area contributed by atoms with Crippen LogP contribution in [0.15, 0.2) is 41.3 Å². The summed E-state index contributed by atoms with van der Waals surface area (Å²) in [4.78, 5) is 14.4. The van der Waals surface area contributed by atoms with Crippen LogP contribution in [0.2, 0.25) is 0 Å². The molecule has 1 amide bonds. The largest absolute Gasteiger partial charge is 0.486 e. The van der Waals surface area contributed by atoms with Crippen molar-refractivity contribution in [2.45, 2.75) is 37.6 Å². The van der Waals surface area contributed by atoms with Crippen molar-refractivity contribution in [3.8, 4) is 11.5 Å². The fraction of sp³-hybridized carbons (Fsp3) is 0.435. The van der Waals surface area contributed by atoms with E-state index in [1.165, 1.54) is 10.4 Å². The van der Waals surface area contributed by atoms with Gasteiger partial charge in [-0.2, -0.15) is 4.31 Å². The monoisotopic (exact) mass is 462 g/mol. The molecule has 1 saturated heterocycles. The summed E-state index contributed by atoms with van der Waals surface area (Å²) in [6, 6.07) is 9.05. The molecule has 2 aromatic rings. The second-order valence-corrected chi connectivity index (χ2v) is 9.78. The average Bonchev–Trinajstić information content (AvgIpc) is 2.83. The molecule has 0 N–H and O–H groups in total. The summed E-state index contributed by atoms with van der Waals surface area (Å²) >= 11 is 0. The van der Waals surface area contributed by atoms with Crippen molar-refractivity contribution in [1.82, 2.24) is 9.21 Å². The molecule has 7 nitrogen and oxygen atoms in total. The summed E-state index contributed by atoms with van der Waals surface area (Å²) in [5.41, 5.74) is 0.923. The average molecular weight is 463 g/mol. The van der Waals surface area contributed by atoms with E-state index in [0.717, 1.165) is 37.0 Å². The van der Waals surface area contributed by atoms with E-state index in [4.69, 9.17) is 9.47 Å². The molecule has 0 unspecified atom stereocenters. The van der Waals surface area contributed by atoms with Crippen molar-refractivity contribution in [2.75, 3.05) is 32.8 Å². The highest BCUT2D eigenvalue weighted by Crippen LogP contribution is 2.34. The summed E-state index contributed by atoms with van der Waals surface area (Å²) < 4.78 is 53.2. The molecule has 2 aliphatic rings. The predicted molar refractivity (Wildman–Crippen MR) is 117 cm³/mol. The Bertz CT molecular complexity index is 1100. The molecule has 0 aromatic heterocycles. The predicted octanol–water partition coefficient (Wildman–Crippen LogP) is 3.43. The molecule has 2 aliphatic heterocycles. The molecule has 0 saturated carbocycles. The van der Waals surface area contributed by atoms with Crippen molar-refractivity contribution in [3.05, 3.63) is 53.3 Å². The van der Waals surface area contributed by atoms with E-state index in [1.807, 2.05) is 25.1 Å². The van der Waals surface area contributed by atoms with Gasteiger partial charge in [-0.15, -0.1) is 0 Å². The third-order valence-corrected chi connectivity index (χ3v) is 7.70. The molecule has 0 atom stereocenters. The molecule has 0 radical (unpaired) electrons. The molecule has 0 aliphatic carbocycles. The number of piperidine rings is 1. The van der Waals surface area contributed by atoms with Crippen LogP contribution < -0.4 is 9.47 Å². The van der Waals surface area contributed by atoms with Gasteiger partial charge in [0.1, 0.15) is 23.9 Å². The van der Waals surface area contributed by atoms with E-state index >= 15 is 0 Å². The summed E-state index contributed by atoms with van der Waals surface area (Å²) in [5.74, 6) is 0.0150. The molecule has 1 fully saturated rings. The summed E-state index contributed by atoms with van der Waals surface area (Å²) in [6.07, 6.45) is 2.45. The van der Waals surface area contributed by atoms with Crippen LogP contribution in [-0.4, -0.2) is 56.4 Å². The summed E-state index contributed by atoms with van der Waals surface area (Å²) in [5, 5.41) is 0. The van der Waals surface area contributed by atoms with Gasteiger partial charge in [-0.25, -0.2) is 12.8 Å². The number of para-hydroxylation sites is 1. The maximum absolute atomic E-state index is 14.5. The van der Waals surface area contributed by atoms with Gasteiger partial charge in [-0.3, -0.25) is 4.79 Å². The highest BCUT2D eigenvalue weighted by atomic mass is 32.2. The Morgan fingerprint density at radius 2 is 1.84 bits per heavy atom. The highest BCUT2D eigenvalue weighted by Gasteiger charge is 2.30. The van der Waals surface area contributed by atoms with E-state index in [-0.39, 0.29) is 18.0 Å². The maximum Gasteiger partial charge on any atom is 0.254 e. The number of hydrogen-bond acceptors (Lipinski definition) is 5. The number of carbonyl (C=O) groups excluding carboxylic acids is 1. The Balaban J connectivity index is 1.60. The zero-order chi connectivity index (χ0) is 22.7. The summed E-state index contributed by atoms with van der Waals surface area (Å²) in [6.45, 7) is 4.10. The van der Waals surface area contributed by atoms with E-state index in [0.29, 0.717) is 44.3 Å². The Hall–Kier alpha value is -2.65. The molecule has 2 aromatic carbocycles. The second kappa shape index (κ2) is 9.46. The first-order valence-corrected chi connectivity index (χ1v) is 12.3. The van der Waals surface area contributed by atoms with Crippen LogP contribution in [0.3, 0.4) is 0 Å². The Morgan fingerprint density at radius 3 is 2.59 bits per heavy atom. The Labute approximate surface area is 187 Å². The molecule has 0 bridgehead atoms. The van der Waals surface area contributed by atoms with Gasteiger partial charge in [0, 0.05) is 37.3 Å². The lowest BCUT2D eigenvalue weighted by atomic mass is 10.1. The van der Waals surface area contributed by atoms with Gasteiger partial charge in [0.05, 0.1) is 0 Å². The number of ether oxygens (including phenoxy) is 2. The quantitative estimate of drug-likeness (QED) is 0.658. The van der Waals surface area contributed by atoms with Crippen LogP contribution in [0, 0.1) is 5.82 Å². The van der Waals surface area contributed by atoms with Crippen LogP contribution >= 0.6 is 0 Å². The third-order valence-electron chi connectivity index (χ3n) is 5.79. The smallest absolute Gasteiger partial charge is 0.254 e. The molecular weight excluding hydrogens is 435 g/mol. The lowest BCUT2D eigenvalue weighted by molar-refractivity contribution is 0.0748.